The first-order valence-corrected chi connectivity index (χ1v) is 9.29. The Morgan fingerprint density at radius 2 is 1.62 bits per heavy atom. The predicted octanol–water partition coefficient (Wildman–Crippen LogP) is 2.47. The van der Waals surface area contributed by atoms with Gasteiger partial charge < -0.3 is 15.5 Å². The van der Waals surface area contributed by atoms with Crippen molar-refractivity contribution in [2.24, 2.45) is 0 Å². The fourth-order valence-corrected chi connectivity index (χ4v) is 2.87. The van der Waals surface area contributed by atoms with Crippen molar-refractivity contribution in [3.8, 4) is 0 Å². The molecule has 26 heavy (non-hydrogen) atoms. The molecule has 0 aromatic heterocycles. The number of rotatable bonds is 6. The average molecular weight is 419 g/mol. The third kappa shape index (κ3) is 5.68. The number of nitrogens with one attached hydrogen (secondary N) is 3. The summed E-state index contributed by atoms with van der Waals surface area (Å²) in [5.74, 6) is -0.229. The van der Waals surface area contributed by atoms with Crippen LogP contribution in [0, 0.1) is 20.8 Å². The number of halogens is 1. The Morgan fingerprint density at radius 3 is 2.27 bits per heavy atom. The van der Waals surface area contributed by atoms with Gasteiger partial charge in [-0.2, -0.15) is 0 Å². The summed E-state index contributed by atoms with van der Waals surface area (Å²) in [4.78, 5) is 25.2. The van der Waals surface area contributed by atoms with Crippen molar-refractivity contribution in [1.29, 1.82) is 0 Å². The smallest absolute Gasteiger partial charge is 0.279 e. The number of amides is 2. The number of quaternary nitrogens is 1. The van der Waals surface area contributed by atoms with Crippen molar-refractivity contribution >= 4 is 39.1 Å². The molecule has 2 amide bonds. The van der Waals surface area contributed by atoms with Crippen LogP contribution in [0.4, 0.5) is 11.4 Å². The highest BCUT2D eigenvalue weighted by atomic mass is 79.9. The summed E-state index contributed by atoms with van der Waals surface area (Å²) in [6, 6.07) is 11.5. The van der Waals surface area contributed by atoms with Crippen molar-refractivity contribution in [2.75, 3.05) is 30.8 Å². The van der Waals surface area contributed by atoms with Gasteiger partial charge in [0, 0.05) is 15.8 Å². The molecular weight excluding hydrogens is 394 g/mol. The molecule has 6 heteroatoms. The Bertz CT molecular complexity index is 821. The van der Waals surface area contributed by atoms with Crippen LogP contribution in [-0.2, 0) is 9.59 Å². The van der Waals surface area contributed by atoms with Crippen molar-refractivity contribution in [3.05, 3.63) is 57.6 Å². The van der Waals surface area contributed by atoms with E-state index in [1.54, 1.807) is 0 Å². The molecule has 0 heterocycles. The number of likely N-dealkylation sites (N-methyl/N-ethyl adjacent to an activating group) is 1. The fraction of sp³-hybridized carbons (Fsp3) is 0.300. The van der Waals surface area contributed by atoms with E-state index >= 15 is 0 Å². The number of hydrogen-bond donors (Lipinski definition) is 3. The van der Waals surface area contributed by atoms with E-state index in [2.05, 4.69) is 26.6 Å². The van der Waals surface area contributed by atoms with Crippen molar-refractivity contribution < 1.29 is 14.5 Å². The third-order valence-corrected chi connectivity index (χ3v) is 5.13. The van der Waals surface area contributed by atoms with Gasteiger partial charge in [0.05, 0.1) is 7.05 Å². The highest BCUT2D eigenvalue weighted by Crippen LogP contribution is 2.20. The second kappa shape index (κ2) is 8.96. The summed E-state index contributed by atoms with van der Waals surface area (Å²) in [6.45, 7) is 6.40. The molecule has 1 unspecified atom stereocenters. The molecule has 2 rings (SSSR count). The molecule has 138 valence electrons. The monoisotopic (exact) mass is 418 g/mol. The fourth-order valence-electron chi connectivity index (χ4n) is 2.62. The first kappa shape index (κ1) is 20.1. The molecule has 0 saturated carbocycles. The van der Waals surface area contributed by atoms with E-state index < -0.39 is 0 Å². The van der Waals surface area contributed by atoms with E-state index in [1.807, 2.05) is 64.2 Å². The first-order chi connectivity index (χ1) is 12.3. The zero-order valence-corrected chi connectivity index (χ0v) is 17.2. The van der Waals surface area contributed by atoms with Gasteiger partial charge in [-0.25, -0.2) is 0 Å². The summed E-state index contributed by atoms with van der Waals surface area (Å²) < 4.78 is 1.00. The third-order valence-electron chi connectivity index (χ3n) is 4.25. The van der Waals surface area contributed by atoms with Gasteiger partial charge in [0.15, 0.2) is 13.1 Å². The standard InChI is InChI=1S/C20H24BrN3O2/c1-13-6-5-7-18(15(13)3)23-20(26)12-24(4)11-19(25)22-16-8-9-17(21)14(2)10-16/h5-10H,11-12H2,1-4H3,(H,22,25)(H,23,26)/p+1. The Labute approximate surface area is 162 Å². The van der Waals surface area contributed by atoms with Crippen LogP contribution in [-0.4, -0.2) is 32.0 Å². The molecule has 2 aromatic rings. The molecule has 3 N–H and O–H groups in total. The van der Waals surface area contributed by atoms with E-state index in [0.29, 0.717) is 0 Å². The van der Waals surface area contributed by atoms with Gasteiger partial charge in [0.1, 0.15) is 0 Å². The van der Waals surface area contributed by atoms with Crippen molar-refractivity contribution in [2.45, 2.75) is 20.8 Å². The Balaban J connectivity index is 1.86. The molecule has 0 bridgehead atoms. The quantitative estimate of drug-likeness (QED) is 0.674. The van der Waals surface area contributed by atoms with E-state index in [9.17, 15) is 9.59 Å². The van der Waals surface area contributed by atoms with Crippen molar-refractivity contribution in [1.82, 2.24) is 0 Å². The second-order valence-electron chi connectivity index (χ2n) is 6.62. The Morgan fingerprint density at radius 1 is 0.962 bits per heavy atom. The molecule has 0 aliphatic heterocycles. The minimum atomic E-state index is -0.122. The van der Waals surface area contributed by atoms with Crippen molar-refractivity contribution in [3.63, 3.8) is 0 Å². The van der Waals surface area contributed by atoms with Gasteiger partial charge in [-0.05, 0) is 61.7 Å². The van der Waals surface area contributed by atoms with E-state index in [-0.39, 0.29) is 24.9 Å². The van der Waals surface area contributed by atoms with Gasteiger partial charge >= 0.3 is 0 Å². The van der Waals surface area contributed by atoms with Crippen LogP contribution >= 0.6 is 15.9 Å². The van der Waals surface area contributed by atoms with Crippen LogP contribution < -0.4 is 15.5 Å². The Kier molecular flexibility index (Phi) is 6.94. The number of carbonyl (C=O) groups excluding carboxylic acids is 2. The second-order valence-corrected chi connectivity index (χ2v) is 7.47. The van der Waals surface area contributed by atoms with Gasteiger partial charge in [-0.15, -0.1) is 0 Å². The number of aryl methyl sites for hydroxylation is 2. The molecule has 0 saturated heterocycles. The number of hydrogen-bond acceptors (Lipinski definition) is 2. The van der Waals surface area contributed by atoms with E-state index in [0.717, 1.165) is 37.4 Å². The van der Waals surface area contributed by atoms with Gasteiger partial charge in [-0.1, -0.05) is 28.1 Å². The van der Waals surface area contributed by atoms with Crippen LogP contribution in [0.3, 0.4) is 0 Å². The molecule has 2 aromatic carbocycles. The topological polar surface area (TPSA) is 62.6 Å². The lowest BCUT2D eigenvalue weighted by Gasteiger charge is -2.15. The zero-order chi connectivity index (χ0) is 19.3. The predicted molar refractivity (Wildman–Crippen MR) is 109 cm³/mol. The molecule has 1 atom stereocenters. The first-order valence-electron chi connectivity index (χ1n) is 8.49. The van der Waals surface area contributed by atoms with Gasteiger partial charge in [-0.3, -0.25) is 9.59 Å². The lowest BCUT2D eigenvalue weighted by Crippen LogP contribution is -3.11. The summed E-state index contributed by atoms with van der Waals surface area (Å²) in [6.07, 6.45) is 0. The van der Waals surface area contributed by atoms with E-state index in [1.165, 1.54) is 0 Å². The minimum Gasteiger partial charge on any atom is -0.322 e. The number of carbonyl (C=O) groups is 2. The zero-order valence-electron chi connectivity index (χ0n) is 15.6. The maximum atomic E-state index is 12.2. The van der Waals surface area contributed by atoms with Crippen LogP contribution in [0.1, 0.15) is 16.7 Å². The van der Waals surface area contributed by atoms with Crippen LogP contribution in [0.25, 0.3) is 0 Å². The minimum absolute atomic E-state index is 0.108. The molecule has 0 fully saturated rings. The van der Waals surface area contributed by atoms with Crippen LogP contribution in [0.2, 0.25) is 0 Å². The highest BCUT2D eigenvalue weighted by molar-refractivity contribution is 9.10. The Hall–Kier alpha value is -2.18. The van der Waals surface area contributed by atoms with Crippen LogP contribution in [0.5, 0.6) is 0 Å². The lowest BCUT2D eigenvalue weighted by molar-refractivity contribution is -0.862. The lowest BCUT2D eigenvalue weighted by atomic mass is 10.1. The maximum Gasteiger partial charge on any atom is 0.279 e. The van der Waals surface area contributed by atoms with E-state index in [4.69, 9.17) is 0 Å². The average Bonchev–Trinajstić information content (AvgIpc) is 2.55. The summed E-state index contributed by atoms with van der Waals surface area (Å²) in [7, 11) is 1.83. The largest absolute Gasteiger partial charge is 0.322 e. The molecular formula is C20H25BrN3O2+. The highest BCUT2D eigenvalue weighted by Gasteiger charge is 2.15. The maximum absolute atomic E-state index is 12.2. The number of anilines is 2. The normalized spacial score (nSPS) is 11.7. The molecule has 0 spiro atoms. The molecule has 0 aliphatic rings. The SMILES string of the molecule is Cc1cc(NC(=O)C[NH+](C)CC(=O)Nc2cccc(C)c2C)ccc1Br. The molecule has 0 radical (unpaired) electrons. The molecule has 5 nitrogen and oxygen atoms in total. The summed E-state index contributed by atoms with van der Waals surface area (Å²) in [5.41, 5.74) is 4.81. The van der Waals surface area contributed by atoms with Crippen LogP contribution in [0.15, 0.2) is 40.9 Å². The van der Waals surface area contributed by atoms with Gasteiger partial charge in [0.2, 0.25) is 0 Å². The van der Waals surface area contributed by atoms with Gasteiger partial charge in [0.25, 0.3) is 11.8 Å². The summed E-state index contributed by atoms with van der Waals surface area (Å²) in [5, 5.41) is 5.79. The number of benzene rings is 2. The molecule has 0 aliphatic carbocycles. The summed E-state index contributed by atoms with van der Waals surface area (Å²) >= 11 is 3.44.